The lowest BCUT2D eigenvalue weighted by atomic mass is 10.0. The monoisotopic (exact) mass is 570 g/mol. The summed E-state index contributed by atoms with van der Waals surface area (Å²) in [7, 11) is -3.95. The Morgan fingerprint density at radius 3 is 2.44 bits per heavy atom. The van der Waals surface area contributed by atoms with E-state index in [1.165, 1.54) is 6.07 Å². The largest absolute Gasteiger partial charge is 0.490 e. The highest BCUT2D eigenvalue weighted by molar-refractivity contribution is 7.89. The lowest BCUT2D eigenvalue weighted by molar-refractivity contribution is -0.117. The van der Waals surface area contributed by atoms with Crippen LogP contribution in [0.4, 0.5) is 17.1 Å². The first-order valence-corrected chi connectivity index (χ1v) is 14.4. The minimum Gasteiger partial charge on any atom is -0.490 e. The van der Waals surface area contributed by atoms with Crippen molar-refractivity contribution in [3.05, 3.63) is 102 Å². The molecule has 0 spiro atoms. The van der Waals surface area contributed by atoms with E-state index in [0.717, 1.165) is 5.56 Å². The fraction of sp³-hybridized carbons (Fsp3) is 0.133. The fourth-order valence-electron chi connectivity index (χ4n) is 4.86. The Labute approximate surface area is 238 Å². The van der Waals surface area contributed by atoms with Gasteiger partial charge in [-0.1, -0.05) is 54.6 Å². The Balaban J connectivity index is 1.47. The third-order valence-corrected chi connectivity index (χ3v) is 7.82. The summed E-state index contributed by atoms with van der Waals surface area (Å²) in [5.41, 5.74) is 16.2. The number of primary sulfonamides is 1. The SMILES string of the molecule is N=C(N)c1ccc(N)c(N(CC(=O)N2CCOc3cc(-c4ccccc4S(N)(=O)=O)ccc32)Cc2ccccc2)c1. The van der Waals surface area contributed by atoms with Gasteiger partial charge in [-0.25, -0.2) is 13.6 Å². The van der Waals surface area contributed by atoms with Crippen LogP contribution >= 0.6 is 0 Å². The number of rotatable bonds is 8. The van der Waals surface area contributed by atoms with Gasteiger partial charge in [0.05, 0.1) is 35.0 Å². The number of carbonyl (C=O) groups is 1. The first kappa shape index (κ1) is 27.7. The number of hydrogen-bond acceptors (Lipinski definition) is 7. The van der Waals surface area contributed by atoms with Crippen LogP contribution in [0.25, 0.3) is 11.1 Å². The maximum Gasteiger partial charge on any atom is 0.246 e. The molecule has 0 aliphatic carbocycles. The summed E-state index contributed by atoms with van der Waals surface area (Å²) < 4.78 is 30.2. The molecule has 0 atom stereocenters. The van der Waals surface area contributed by atoms with Gasteiger partial charge in [0.2, 0.25) is 15.9 Å². The van der Waals surface area contributed by atoms with E-state index in [9.17, 15) is 13.2 Å². The average molecular weight is 571 g/mol. The number of fused-ring (bicyclic) bond motifs is 1. The van der Waals surface area contributed by atoms with Gasteiger partial charge in [-0.3, -0.25) is 10.2 Å². The number of nitrogen functional groups attached to an aromatic ring is 2. The van der Waals surface area contributed by atoms with Crippen LogP contribution in [0.2, 0.25) is 0 Å². The first-order chi connectivity index (χ1) is 19.6. The number of carbonyl (C=O) groups excluding carboxylic acids is 1. The zero-order chi connectivity index (χ0) is 29.1. The first-order valence-electron chi connectivity index (χ1n) is 12.8. The molecule has 4 aromatic rings. The third-order valence-electron chi connectivity index (χ3n) is 6.85. The molecular weight excluding hydrogens is 540 g/mol. The Hall–Kier alpha value is -4.87. The van der Waals surface area contributed by atoms with Gasteiger partial charge in [-0.2, -0.15) is 0 Å². The molecule has 0 bridgehead atoms. The van der Waals surface area contributed by atoms with Crippen molar-refractivity contribution < 1.29 is 17.9 Å². The van der Waals surface area contributed by atoms with Crippen molar-refractivity contribution >= 4 is 38.8 Å². The van der Waals surface area contributed by atoms with Crippen molar-refractivity contribution in [3.8, 4) is 16.9 Å². The van der Waals surface area contributed by atoms with Crippen LogP contribution in [0, 0.1) is 5.41 Å². The predicted molar refractivity (Wildman–Crippen MR) is 160 cm³/mol. The zero-order valence-corrected chi connectivity index (χ0v) is 23.0. The van der Waals surface area contributed by atoms with Crippen molar-refractivity contribution in [1.82, 2.24) is 0 Å². The van der Waals surface area contributed by atoms with Gasteiger partial charge in [0, 0.05) is 17.7 Å². The van der Waals surface area contributed by atoms with E-state index in [1.54, 1.807) is 59.5 Å². The Bertz CT molecular complexity index is 1730. The van der Waals surface area contributed by atoms with E-state index >= 15 is 0 Å². The topological polar surface area (TPSA) is 169 Å². The van der Waals surface area contributed by atoms with Crippen molar-refractivity contribution in [3.63, 3.8) is 0 Å². The Morgan fingerprint density at radius 1 is 0.976 bits per heavy atom. The van der Waals surface area contributed by atoms with Crippen LogP contribution in [0.3, 0.4) is 0 Å². The van der Waals surface area contributed by atoms with Crippen LogP contribution in [0.1, 0.15) is 11.1 Å². The summed E-state index contributed by atoms with van der Waals surface area (Å²) in [5.74, 6) is 0.175. The van der Waals surface area contributed by atoms with Crippen molar-refractivity contribution in [2.45, 2.75) is 11.4 Å². The molecule has 0 aromatic heterocycles. The van der Waals surface area contributed by atoms with Gasteiger partial charge in [0.1, 0.15) is 18.2 Å². The molecule has 210 valence electrons. The molecule has 4 aromatic carbocycles. The second kappa shape index (κ2) is 11.3. The van der Waals surface area contributed by atoms with Gasteiger partial charge in [0.15, 0.2) is 0 Å². The fourth-order valence-corrected chi connectivity index (χ4v) is 5.62. The van der Waals surface area contributed by atoms with Crippen molar-refractivity contribution in [1.29, 1.82) is 5.41 Å². The summed E-state index contributed by atoms with van der Waals surface area (Å²) in [4.78, 5) is 17.4. The molecule has 11 heteroatoms. The number of amidine groups is 1. The standard InChI is InChI=1S/C30H30N6O4S/c31-24-12-10-22(30(32)33)16-26(24)35(18-20-6-2-1-3-7-20)19-29(37)36-14-15-40-27-17-21(11-13-25(27)36)23-8-4-5-9-28(23)41(34,38)39/h1-13,16-17H,14-15,18-19,31H2,(H3,32,33)(H2,34,38,39). The number of amides is 1. The quantitative estimate of drug-likeness (QED) is 0.143. The van der Waals surface area contributed by atoms with Crippen LogP contribution in [0.5, 0.6) is 5.75 Å². The third kappa shape index (κ3) is 6.01. The molecule has 1 aliphatic rings. The second-order valence-corrected chi connectivity index (χ2v) is 11.2. The molecular formula is C30H30N6O4S. The number of nitrogens with zero attached hydrogens (tertiary/aromatic N) is 2. The van der Waals surface area contributed by atoms with E-state index in [0.29, 0.717) is 52.6 Å². The van der Waals surface area contributed by atoms with Gasteiger partial charge < -0.3 is 26.0 Å². The van der Waals surface area contributed by atoms with Gasteiger partial charge >= 0.3 is 0 Å². The van der Waals surface area contributed by atoms with E-state index in [-0.39, 0.29) is 29.8 Å². The molecule has 41 heavy (non-hydrogen) atoms. The van der Waals surface area contributed by atoms with E-state index in [2.05, 4.69) is 0 Å². The lowest BCUT2D eigenvalue weighted by Gasteiger charge is -2.33. The summed E-state index contributed by atoms with van der Waals surface area (Å²) >= 11 is 0. The average Bonchev–Trinajstić information content (AvgIpc) is 2.96. The lowest BCUT2D eigenvalue weighted by Crippen LogP contribution is -2.44. The molecule has 0 unspecified atom stereocenters. The maximum absolute atomic E-state index is 13.8. The second-order valence-electron chi connectivity index (χ2n) is 9.65. The number of hydrogen-bond donors (Lipinski definition) is 4. The molecule has 0 fully saturated rings. The highest BCUT2D eigenvalue weighted by Gasteiger charge is 2.27. The number of nitrogens with two attached hydrogens (primary N) is 3. The normalized spacial score (nSPS) is 12.8. The molecule has 1 aliphatic heterocycles. The minimum absolute atomic E-state index is 0.00407. The van der Waals surface area contributed by atoms with Crippen LogP contribution < -0.4 is 31.1 Å². The molecule has 0 saturated heterocycles. The summed E-state index contributed by atoms with van der Waals surface area (Å²) in [5, 5.41) is 13.3. The maximum atomic E-state index is 13.8. The van der Waals surface area contributed by atoms with Crippen molar-refractivity contribution in [2.75, 3.05) is 35.2 Å². The zero-order valence-electron chi connectivity index (χ0n) is 22.2. The van der Waals surface area contributed by atoms with Crippen LogP contribution in [-0.4, -0.2) is 39.9 Å². The number of benzene rings is 4. The molecule has 7 N–H and O–H groups in total. The van der Waals surface area contributed by atoms with E-state index in [1.807, 2.05) is 35.2 Å². The Kier molecular flexibility index (Phi) is 7.64. The molecule has 1 amide bonds. The molecule has 10 nitrogen and oxygen atoms in total. The van der Waals surface area contributed by atoms with E-state index in [4.69, 9.17) is 26.8 Å². The van der Waals surface area contributed by atoms with Crippen LogP contribution in [0.15, 0.2) is 95.9 Å². The smallest absolute Gasteiger partial charge is 0.246 e. The Morgan fingerprint density at radius 2 is 1.71 bits per heavy atom. The number of ether oxygens (including phenoxy) is 1. The van der Waals surface area contributed by atoms with Crippen molar-refractivity contribution in [2.24, 2.45) is 10.9 Å². The minimum atomic E-state index is -3.95. The number of sulfonamides is 1. The highest BCUT2D eigenvalue weighted by atomic mass is 32.2. The summed E-state index contributed by atoms with van der Waals surface area (Å²) in [6.45, 7) is 0.995. The summed E-state index contributed by atoms with van der Waals surface area (Å²) in [6, 6.07) is 26.4. The predicted octanol–water partition coefficient (Wildman–Crippen LogP) is 3.30. The molecule has 0 radical (unpaired) electrons. The van der Waals surface area contributed by atoms with Gasteiger partial charge in [-0.15, -0.1) is 0 Å². The molecule has 1 heterocycles. The number of anilines is 3. The molecule has 0 saturated carbocycles. The van der Waals surface area contributed by atoms with E-state index < -0.39 is 10.0 Å². The molecule has 5 rings (SSSR count). The van der Waals surface area contributed by atoms with Gasteiger partial charge in [-0.05, 0) is 47.5 Å². The summed E-state index contributed by atoms with van der Waals surface area (Å²) in [6.07, 6.45) is 0. The van der Waals surface area contributed by atoms with Gasteiger partial charge in [0.25, 0.3) is 0 Å². The number of nitrogens with one attached hydrogen (secondary N) is 1. The van der Waals surface area contributed by atoms with Crippen LogP contribution in [-0.2, 0) is 21.4 Å². The highest BCUT2D eigenvalue weighted by Crippen LogP contribution is 2.38.